The van der Waals surface area contributed by atoms with Gasteiger partial charge in [-0.2, -0.15) is 0 Å². The van der Waals surface area contributed by atoms with Crippen LogP contribution >= 0.6 is 11.6 Å². The molecule has 0 unspecified atom stereocenters. The number of carboxylic acid groups (broad SMARTS) is 1. The van der Waals surface area contributed by atoms with Gasteiger partial charge >= 0.3 is 5.97 Å². The van der Waals surface area contributed by atoms with Crippen molar-refractivity contribution < 1.29 is 38.6 Å². The predicted octanol–water partition coefficient (Wildman–Crippen LogP) is 6.25. The number of carbonyl (C=O) groups excluding carboxylic acids is 4. The fourth-order valence-corrected chi connectivity index (χ4v) is 9.04. The number of allylic oxidation sites excluding steroid dienone is 2. The lowest BCUT2D eigenvalue weighted by Crippen LogP contribution is -2.53. The maximum absolute atomic E-state index is 15.3. The summed E-state index contributed by atoms with van der Waals surface area (Å²) in [5.41, 5.74) is 0.163. The molecule has 1 saturated carbocycles. The van der Waals surface area contributed by atoms with E-state index in [-0.39, 0.29) is 29.8 Å². The highest BCUT2D eigenvalue weighted by Crippen LogP contribution is 2.64. The maximum atomic E-state index is 15.3. The van der Waals surface area contributed by atoms with Crippen molar-refractivity contribution in [1.82, 2.24) is 0 Å². The van der Waals surface area contributed by atoms with Crippen LogP contribution in [0.4, 0.5) is 15.8 Å². The lowest BCUT2D eigenvalue weighted by Gasteiger charge is -2.50. The standard InChI is InChI=1S/C39H28ClFN2O7/c40-23-9-5-11-25(18-23)43-35(46)29-19-28-26(13-14-27-32(28)36(47)42(34(27)45)24-10-4-6-21(16-24)37(48)49)33(20-12-15-31(44)30(41)17-20)39(29,38(43)50)22-7-2-1-3-8-22/h1-13,15-18,27-29,32-33,44H,14,19H2,(H,48,49)/t27-,28+,29-,32-,33-,39+/m0/s1. The van der Waals surface area contributed by atoms with Crippen molar-refractivity contribution in [2.24, 2.45) is 23.7 Å². The third-order valence-corrected chi connectivity index (χ3v) is 11.1. The highest BCUT2D eigenvalue weighted by atomic mass is 35.5. The molecule has 2 aliphatic heterocycles. The van der Waals surface area contributed by atoms with E-state index in [1.165, 1.54) is 42.5 Å². The van der Waals surface area contributed by atoms with Crippen LogP contribution in [0, 0.1) is 29.5 Å². The molecule has 4 aliphatic rings. The van der Waals surface area contributed by atoms with Crippen LogP contribution in [0.15, 0.2) is 109 Å². The molecule has 11 heteroatoms. The first-order valence-electron chi connectivity index (χ1n) is 16.1. The number of halogens is 2. The summed E-state index contributed by atoms with van der Waals surface area (Å²) in [5, 5.41) is 20.1. The first-order valence-corrected chi connectivity index (χ1v) is 16.5. The van der Waals surface area contributed by atoms with Gasteiger partial charge in [-0.05, 0) is 78.4 Å². The number of carboxylic acids is 1. The van der Waals surface area contributed by atoms with Crippen LogP contribution in [0.3, 0.4) is 0 Å². The number of hydrogen-bond donors (Lipinski definition) is 2. The maximum Gasteiger partial charge on any atom is 0.335 e. The summed E-state index contributed by atoms with van der Waals surface area (Å²) in [6, 6.07) is 24.7. The van der Waals surface area contributed by atoms with Crippen LogP contribution in [0.1, 0.15) is 40.2 Å². The fourth-order valence-electron chi connectivity index (χ4n) is 8.85. The van der Waals surface area contributed by atoms with E-state index in [1.807, 2.05) is 6.08 Å². The van der Waals surface area contributed by atoms with Gasteiger partial charge in [-0.15, -0.1) is 0 Å². The van der Waals surface area contributed by atoms with E-state index in [0.29, 0.717) is 21.7 Å². The Hall–Kier alpha value is -5.61. The minimum atomic E-state index is -1.60. The zero-order valence-corrected chi connectivity index (χ0v) is 27.0. The lowest BCUT2D eigenvalue weighted by molar-refractivity contribution is -0.127. The quantitative estimate of drug-likeness (QED) is 0.187. The Labute approximate surface area is 290 Å². The van der Waals surface area contributed by atoms with Crippen LogP contribution in [0.2, 0.25) is 5.02 Å². The van der Waals surface area contributed by atoms with Gasteiger partial charge in [0.15, 0.2) is 11.6 Å². The van der Waals surface area contributed by atoms with Gasteiger partial charge in [0.25, 0.3) is 0 Å². The smallest absolute Gasteiger partial charge is 0.335 e. The number of imide groups is 2. The highest BCUT2D eigenvalue weighted by Gasteiger charge is 2.70. The summed E-state index contributed by atoms with van der Waals surface area (Å²) in [6.45, 7) is 0. The largest absolute Gasteiger partial charge is 0.505 e. The van der Waals surface area contributed by atoms with E-state index in [4.69, 9.17) is 11.6 Å². The first-order chi connectivity index (χ1) is 24.0. The Morgan fingerprint density at radius 1 is 0.800 bits per heavy atom. The number of aromatic carboxylic acids is 1. The number of phenolic OH excluding ortho intramolecular Hbond substituents is 1. The number of benzene rings is 4. The Balaban J connectivity index is 1.34. The summed E-state index contributed by atoms with van der Waals surface area (Å²) >= 11 is 6.33. The average molecular weight is 691 g/mol. The van der Waals surface area contributed by atoms with Crippen molar-refractivity contribution in [2.75, 3.05) is 9.80 Å². The van der Waals surface area contributed by atoms with Crippen molar-refractivity contribution in [3.63, 3.8) is 0 Å². The number of rotatable bonds is 5. The van der Waals surface area contributed by atoms with Gasteiger partial charge < -0.3 is 10.2 Å². The van der Waals surface area contributed by atoms with Gasteiger partial charge in [-0.25, -0.2) is 14.1 Å². The summed E-state index contributed by atoms with van der Waals surface area (Å²) in [5.74, 6) is -9.27. The summed E-state index contributed by atoms with van der Waals surface area (Å²) in [6.07, 6.45) is 2.00. The van der Waals surface area contributed by atoms with E-state index in [1.54, 1.807) is 48.5 Å². The van der Waals surface area contributed by atoms with E-state index in [0.717, 1.165) is 15.9 Å². The molecule has 3 fully saturated rings. The van der Waals surface area contributed by atoms with Crippen molar-refractivity contribution in [3.05, 3.63) is 136 Å². The molecule has 2 aliphatic carbocycles. The molecule has 0 radical (unpaired) electrons. The number of aromatic hydroxyl groups is 1. The molecular weight excluding hydrogens is 663 g/mol. The summed E-state index contributed by atoms with van der Waals surface area (Å²) in [4.78, 5) is 72.1. The molecule has 0 spiro atoms. The van der Waals surface area contributed by atoms with Gasteiger partial charge in [0, 0.05) is 10.9 Å². The molecule has 0 aromatic heterocycles. The molecule has 0 bridgehead atoms. The van der Waals surface area contributed by atoms with Crippen LogP contribution in [0.5, 0.6) is 5.75 Å². The molecule has 50 heavy (non-hydrogen) atoms. The van der Waals surface area contributed by atoms with E-state index >= 15 is 9.18 Å². The lowest BCUT2D eigenvalue weighted by atomic mass is 9.49. The molecule has 4 amide bonds. The summed E-state index contributed by atoms with van der Waals surface area (Å²) in [7, 11) is 0. The molecule has 9 nitrogen and oxygen atoms in total. The number of nitrogens with zero attached hydrogens (tertiary/aromatic N) is 2. The van der Waals surface area contributed by atoms with E-state index in [9.17, 15) is 29.4 Å². The zero-order valence-electron chi connectivity index (χ0n) is 26.2. The van der Waals surface area contributed by atoms with Crippen LogP contribution in [0.25, 0.3) is 0 Å². The van der Waals surface area contributed by atoms with Crippen LogP contribution < -0.4 is 9.80 Å². The molecule has 4 aromatic rings. The molecular formula is C39H28ClFN2O7. The summed E-state index contributed by atoms with van der Waals surface area (Å²) < 4.78 is 15.3. The third-order valence-electron chi connectivity index (χ3n) is 10.8. The van der Waals surface area contributed by atoms with Crippen molar-refractivity contribution in [1.29, 1.82) is 0 Å². The molecule has 8 rings (SSSR count). The number of carbonyl (C=O) groups is 5. The van der Waals surface area contributed by atoms with Crippen LogP contribution in [-0.2, 0) is 24.6 Å². The Morgan fingerprint density at radius 3 is 2.22 bits per heavy atom. The Morgan fingerprint density at radius 2 is 1.52 bits per heavy atom. The number of fused-ring (bicyclic) bond motifs is 4. The SMILES string of the molecule is O=C(O)c1cccc(N2C(=O)[C@H]3[C@H](CC=C4[C@H]3C[C@H]3C(=O)N(c5cccc(Cl)c5)C(=O)[C@@]3(c3ccccc3)[C@H]4c3ccc(O)c(F)c3)C2=O)c1. The highest BCUT2D eigenvalue weighted by molar-refractivity contribution is 6.32. The second-order valence-corrected chi connectivity index (χ2v) is 13.6. The number of hydrogen-bond acceptors (Lipinski definition) is 6. The number of phenols is 1. The first kappa shape index (κ1) is 31.6. The third kappa shape index (κ3) is 4.41. The molecule has 2 heterocycles. The van der Waals surface area contributed by atoms with Crippen molar-refractivity contribution >= 4 is 52.6 Å². The van der Waals surface area contributed by atoms with Gasteiger partial charge in [0.2, 0.25) is 23.6 Å². The normalized spacial score (nSPS) is 27.2. The zero-order chi connectivity index (χ0) is 35.1. The average Bonchev–Trinajstić information content (AvgIpc) is 3.50. The molecule has 2 N–H and O–H groups in total. The Kier molecular flexibility index (Phi) is 7.27. The molecule has 6 atom stereocenters. The predicted molar refractivity (Wildman–Crippen MR) is 180 cm³/mol. The molecule has 2 saturated heterocycles. The van der Waals surface area contributed by atoms with Crippen molar-refractivity contribution in [2.45, 2.75) is 24.2 Å². The van der Waals surface area contributed by atoms with Gasteiger partial charge in [-0.3, -0.25) is 24.1 Å². The minimum absolute atomic E-state index is 0.0304. The van der Waals surface area contributed by atoms with E-state index in [2.05, 4.69) is 0 Å². The van der Waals surface area contributed by atoms with Crippen LogP contribution in [-0.4, -0.2) is 39.8 Å². The fraction of sp³-hybridized carbons (Fsp3) is 0.205. The molecule has 4 aromatic carbocycles. The Bertz CT molecular complexity index is 2190. The minimum Gasteiger partial charge on any atom is -0.505 e. The monoisotopic (exact) mass is 690 g/mol. The van der Waals surface area contributed by atoms with Gasteiger partial charge in [-0.1, -0.05) is 71.8 Å². The van der Waals surface area contributed by atoms with Gasteiger partial charge in [0.05, 0.1) is 40.1 Å². The second kappa shape index (κ2) is 11.5. The second-order valence-electron chi connectivity index (χ2n) is 13.2. The number of anilines is 2. The van der Waals surface area contributed by atoms with Gasteiger partial charge in [0.1, 0.15) is 0 Å². The van der Waals surface area contributed by atoms with E-state index < -0.39 is 76.2 Å². The van der Waals surface area contributed by atoms with Crippen molar-refractivity contribution in [3.8, 4) is 5.75 Å². The number of amides is 4. The molecule has 250 valence electrons. The topological polar surface area (TPSA) is 132 Å².